The van der Waals surface area contributed by atoms with Crippen LogP contribution in [0.15, 0.2) is 65.9 Å². The molecule has 2 fully saturated rings. The molecule has 3 atom stereocenters. The summed E-state index contributed by atoms with van der Waals surface area (Å²) in [5.74, 6) is 7.40. The fraction of sp³-hybridized carbons (Fsp3) is 0.405. The van der Waals surface area contributed by atoms with E-state index in [1.807, 2.05) is 26.1 Å². The maximum atomic E-state index is 13.3. The summed E-state index contributed by atoms with van der Waals surface area (Å²) in [4.78, 5) is 39.5. The van der Waals surface area contributed by atoms with Gasteiger partial charge >= 0.3 is 6.09 Å². The lowest BCUT2D eigenvalue weighted by Crippen LogP contribution is -2.54. The number of imidazole rings is 1. The average molecular weight is 636 g/mol. The van der Waals surface area contributed by atoms with Crippen molar-refractivity contribution in [3.63, 3.8) is 0 Å². The van der Waals surface area contributed by atoms with Gasteiger partial charge in [0.1, 0.15) is 17.7 Å². The van der Waals surface area contributed by atoms with Gasteiger partial charge in [0.25, 0.3) is 0 Å². The maximum absolute atomic E-state index is 13.3. The fourth-order valence-corrected chi connectivity index (χ4v) is 6.14. The van der Waals surface area contributed by atoms with Crippen LogP contribution in [0, 0.1) is 17.8 Å². The summed E-state index contributed by atoms with van der Waals surface area (Å²) in [7, 11) is 1.28. The predicted octanol–water partition coefficient (Wildman–Crippen LogP) is 5.32. The van der Waals surface area contributed by atoms with Gasteiger partial charge in [-0.3, -0.25) is 4.79 Å². The highest BCUT2D eigenvalue weighted by atomic mass is 16.5. The third-order valence-corrected chi connectivity index (χ3v) is 8.85. The van der Waals surface area contributed by atoms with Crippen LogP contribution in [0.4, 0.5) is 4.79 Å². The number of nitrogens with one attached hydrogen (secondary N) is 3. The van der Waals surface area contributed by atoms with Crippen molar-refractivity contribution in [3.8, 4) is 34.2 Å². The van der Waals surface area contributed by atoms with Crippen molar-refractivity contribution in [2.75, 3.05) is 20.2 Å². The minimum absolute atomic E-state index is 0.120. The second kappa shape index (κ2) is 15.6. The van der Waals surface area contributed by atoms with E-state index in [0.29, 0.717) is 18.8 Å². The number of aromatic amines is 1. The maximum Gasteiger partial charge on any atom is 0.407 e. The lowest BCUT2D eigenvalue weighted by molar-refractivity contribution is -0.134. The number of benzene rings is 2. The van der Waals surface area contributed by atoms with Gasteiger partial charge in [0.05, 0.1) is 31.1 Å². The minimum atomic E-state index is -0.712. The van der Waals surface area contributed by atoms with Gasteiger partial charge in [-0.05, 0) is 73.4 Å². The first kappa shape index (κ1) is 33.5. The van der Waals surface area contributed by atoms with Crippen molar-refractivity contribution in [1.82, 2.24) is 25.5 Å². The van der Waals surface area contributed by atoms with E-state index in [9.17, 15) is 9.59 Å². The number of rotatable bonds is 9. The van der Waals surface area contributed by atoms with Crippen molar-refractivity contribution in [3.05, 3.63) is 77.9 Å². The van der Waals surface area contributed by atoms with Crippen LogP contribution >= 0.6 is 0 Å². The number of amides is 2. The average Bonchev–Trinajstić information content (AvgIpc) is 3.89. The molecule has 2 saturated heterocycles. The molecule has 0 saturated carbocycles. The number of hydrogen-bond acceptors (Lipinski definition) is 6. The van der Waals surface area contributed by atoms with Crippen molar-refractivity contribution in [1.29, 1.82) is 0 Å². The summed E-state index contributed by atoms with van der Waals surface area (Å²) in [5, 5.41) is 6.16. The van der Waals surface area contributed by atoms with Crippen molar-refractivity contribution in [2.24, 2.45) is 16.6 Å². The molecule has 246 valence electrons. The summed E-state index contributed by atoms with van der Waals surface area (Å²) in [6, 6.07) is 14.1. The van der Waals surface area contributed by atoms with Crippen LogP contribution in [0.5, 0.6) is 0 Å². The summed E-state index contributed by atoms with van der Waals surface area (Å²) < 4.78 is 4.71. The molecule has 10 nitrogen and oxygen atoms in total. The molecule has 5 rings (SSSR count). The highest BCUT2D eigenvalue weighted by Gasteiger charge is 2.37. The number of likely N-dealkylation sites (tertiary alicyclic amines) is 1. The number of allylic oxidation sites excluding steroid dienone is 1. The molecule has 0 radical (unpaired) electrons. The number of aryl methyl sites for hydroxylation is 1. The summed E-state index contributed by atoms with van der Waals surface area (Å²) in [6.45, 7) is 7.47. The van der Waals surface area contributed by atoms with Gasteiger partial charge < -0.3 is 31.0 Å². The minimum Gasteiger partial charge on any atom is -0.453 e. The van der Waals surface area contributed by atoms with Gasteiger partial charge in [-0.25, -0.2) is 14.8 Å². The molecule has 2 amide bonds. The summed E-state index contributed by atoms with van der Waals surface area (Å²) in [6.07, 6.45) is 9.22. The fourth-order valence-electron chi connectivity index (χ4n) is 6.14. The number of hydrogen-bond donors (Lipinski definition) is 4. The van der Waals surface area contributed by atoms with E-state index in [-0.39, 0.29) is 23.9 Å². The molecule has 0 aliphatic carbocycles. The number of carbonyl (C=O) groups is 2. The van der Waals surface area contributed by atoms with Crippen LogP contribution in [-0.2, 0) is 16.0 Å². The van der Waals surface area contributed by atoms with Crippen LogP contribution in [0.2, 0.25) is 0 Å². The third-order valence-electron chi connectivity index (χ3n) is 8.85. The van der Waals surface area contributed by atoms with Gasteiger partial charge in [-0.2, -0.15) is 0 Å². The Hall–Kier alpha value is -4.88. The standard InChI is InChI=1S/C37H45N7O3/c1-5-25-13-15-27(16-14-25)29-22-28(31-23-41-35(42-31)30-11-8-20-39-30)18-17-26(29)10-6-7-19-40-34(38)32-12-9-21-44(32)36(45)33(24(2)3)43-37(46)47-4/h7,13-19,22-24,30,32-33,39H,5,8-9,11-12,20-21H2,1-4H3,(H2,38,40)(H,41,42)(H,43,46)/b19-7+/t30-,32?,33?/m0/s1. The van der Waals surface area contributed by atoms with Gasteiger partial charge in [-0.1, -0.05) is 62.9 Å². The molecular formula is C37H45N7O3. The Morgan fingerprint density at radius 1 is 1.17 bits per heavy atom. The number of carbonyl (C=O) groups excluding carboxylic acids is 2. The Morgan fingerprint density at radius 2 is 1.96 bits per heavy atom. The lowest BCUT2D eigenvalue weighted by atomic mass is 9.95. The van der Waals surface area contributed by atoms with Crippen LogP contribution in [0.3, 0.4) is 0 Å². The van der Waals surface area contributed by atoms with Crippen LogP contribution in [0.1, 0.15) is 69.4 Å². The SMILES string of the molecule is CCc1ccc(-c2cc(-c3cnc([C@@H]4CCCN4)[nH]3)ccc2C#C/C=C/N=C(N)C2CCCN2C(=O)C(NC(=O)OC)C(C)C)cc1. The molecule has 47 heavy (non-hydrogen) atoms. The number of aliphatic imine (C=N–C) groups is 1. The number of H-pyrrole nitrogens is 1. The van der Waals surface area contributed by atoms with E-state index < -0.39 is 12.1 Å². The number of nitrogens with two attached hydrogens (primary N) is 1. The van der Waals surface area contributed by atoms with E-state index in [1.165, 1.54) is 12.7 Å². The Bertz CT molecular complexity index is 1670. The Balaban J connectivity index is 1.34. The predicted molar refractivity (Wildman–Crippen MR) is 185 cm³/mol. The largest absolute Gasteiger partial charge is 0.453 e. The van der Waals surface area contributed by atoms with Crippen LogP contribution < -0.4 is 16.4 Å². The molecule has 0 bridgehead atoms. The molecule has 10 heteroatoms. The van der Waals surface area contributed by atoms with Crippen molar-refractivity contribution >= 4 is 17.8 Å². The molecule has 2 aromatic carbocycles. The van der Waals surface area contributed by atoms with Gasteiger partial charge in [0.15, 0.2) is 0 Å². The van der Waals surface area contributed by atoms with E-state index in [4.69, 9.17) is 10.5 Å². The molecule has 2 unspecified atom stereocenters. The normalized spacial score (nSPS) is 18.7. The topological polar surface area (TPSA) is 138 Å². The monoisotopic (exact) mass is 635 g/mol. The zero-order valence-corrected chi connectivity index (χ0v) is 27.7. The quantitative estimate of drug-likeness (QED) is 0.143. The highest BCUT2D eigenvalue weighted by molar-refractivity contribution is 5.94. The number of methoxy groups -OCH3 is 1. The molecule has 3 heterocycles. The van der Waals surface area contributed by atoms with Gasteiger partial charge in [0, 0.05) is 29.9 Å². The zero-order valence-electron chi connectivity index (χ0n) is 27.7. The van der Waals surface area contributed by atoms with Crippen molar-refractivity contribution < 1.29 is 14.3 Å². The Morgan fingerprint density at radius 3 is 2.66 bits per heavy atom. The molecule has 3 aromatic rings. The Kier molecular flexibility index (Phi) is 11.1. The molecule has 2 aliphatic heterocycles. The zero-order chi connectivity index (χ0) is 33.3. The number of amidine groups is 1. The van der Waals surface area contributed by atoms with E-state index >= 15 is 0 Å². The molecule has 5 N–H and O–H groups in total. The molecule has 2 aliphatic rings. The lowest BCUT2D eigenvalue weighted by Gasteiger charge is -2.30. The first-order valence-corrected chi connectivity index (χ1v) is 16.5. The highest BCUT2D eigenvalue weighted by Crippen LogP contribution is 2.30. The number of nitrogens with zero attached hydrogens (tertiary/aromatic N) is 3. The first-order valence-electron chi connectivity index (χ1n) is 16.5. The second-order valence-electron chi connectivity index (χ2n) is 12.3. The van der Waals surface area contributed by atoms with Gasteiger partial charge in [0.2, 0.25) is 5.91 Å². The number of ether oxygens (including phenoxy) is 1. The summed E-state index contributed by atoms with van der Waals surface area (Å²) in [5.41, 5.74) is 12.7. The van der Waals surface area contributed by atoms with Crippen LogP contribution in [-0.4, -0.2) is 65.0 Å². The van der Waals surface area contributed by atoms with Crippen LogP contribution in [0.25, 0.3) is 22.4 Å². The van der Waals surface area contributed by atoms with E-state index in [0.717, 1.165) is 66.0 Å². The summed E-state index contributed by atoms with van der Waals surface area (Å²) >= 11 is 0. The smallest absolute Gasteiger partial charge is 0.407 e. The van der Waals surface area contributed by atoms with Crippen molar-refractivity contribution in [2.45, 2.75) is 71.0 Å². The van der Waals surface area contributed by atoms with E-state index in [2.05, 4.69) is 80.8 Å². The number of aromatic nitrogens is 2. The van der Waals surface area contributed by atoms with Gasteiger partial charge in [-0.15, -0.1) is 0 Å². The second-order valence-corrected chi connectivity index (χ2v) is 12.3. The third kappa shape index (κ3) is 8.10. The molecule has 0 spiro atoms. The molecular weight excluding hydrogens is 590 g/mol. The van der Waals surface area contributed by atoms with E-state index in [1.54, 1.807) is 17.2 Å². The Labute approximate surface area is 277 Å². The molecule has 1 aromatic heterocycles. The first-order chi connectivity index (χ1) is 22.8. The number of alkyl carbamates (subject to hydrolysis) is 1.